The number of ether oxygens (including phenoxy) is 1. The van der Waals surface area contributed by atoms with Gasteiger partial charge in [0.25, 0.3) is 5.91 Å². The minimum atomic E-state index is -4.49. The van der Waals surface area contributed by atoms with Gasteiger partial charge in [0.1, 0.15) is 17.7 Å². The highest BCUT2D eigenvalue weighted by atomic mass is 19.4. The summed E-state index contributed by atoms with van der Waals surface area (Å²) in [7, 11) is 1.59. The number of rotatable bonds is 10. The van der Waals surface area contributed by atoms with Crippen LogP contribution in [-0.4, -0.2) is 62.2 Å². The Bertz CT molecular complexity index is 1350. The van der Waals surface area contributed by atoms with Crippen LogP contribution >= 0.6 is 0 Å². The van der Waals surface area contributed by atoms with Crippen LogP contribution in [0.1, 0.15) is 53.6 Å². The lowest BCUT2D eigenvalue weighted by Gasteiger charge is -2.33. The van der Waals surface area contributed by atoms with E-state index in [1.54, 1.807) is 31.4 Å². The Kier molecular flexibility index (Phi) is 8.87. The molecule has 0 unspecified atom stereocenters. The Labute approximate surface area is 244 Å². The molecule has 3 aromatic rings. The minimum Gasteiger partial charge on any atom is -0.497 e. The molecule has 1 fully saturated rings. The van der Waals surface area contributed by atoms with E-state index in [2.05, 4.69) is 15.5 Å². The number of carbonyl (C=O) groups excluding carboxylic acids is 2. The molecule has 2 amide bonds. The predicted molar refractivity (Wildman–Crippen MR) is 155 cm³/mol. The Morgan fingerprint density at radius 3 is 2.07 bits per heavy atom. The predicted octanol–water partition coefficient (Wildman–Crippen LogP) is 5.70. The van der Waals surface area contributed by atoms with E-state index in [1.165, 1.54) is 0 Å². The van der Waals surface area contributed by atoms with Crippen molar-refractivity contribution in [3.8, 4) is 16.9 Å². The molecule has 0 radical (unpaired) electrons. The van der Waals surface area contributed by atoms with Crippen molar-refractivity contribution in [2.75, 3.05) is 33.3 Å². The molecule has 1 heterocycles. The zero-order valence-electron chi connectivity index (χ0n) is 23.7. The molecule has 9 heteroatoms. The van der Waals surface area contributed by atoms with Gasteiger partial charge in [0.2, 0.25) is 5.91 Å². The van der Waals surface area contributed by atoms with E-state index < -0.39 is 24.0 Å². The smallest absolute Gasteiger partial charge is 0.405 e. The van der Waals surface area contributed by atoms with E-state index in [4.69, 9.17) is 4.74 Å². The first-order chi connectivity index (χ1) is 20.2. The second-order valence-electron chi connectivity index (χ2n) is 11.1. The van der Waals surface area contributed by atoms with Crippen LogP contribution in [0.5, 0.6) is 5.75 Å². The summed E-state index contributed by atoms with van der Waals surface area (Å²) < 4.78 is 44.4. The first-order valence-corrected chi connectivity index (χ1v) is 14.4. The molecule has 0 saturated carbocycles. The molecule has 42 heavy (non-hydrogen) atoms. The number of nitrogens with one attached hydrogen (secondary N) is 2. The average molecular weight is 580 g/mol. The van der Waals surface area contributed by atoms with Gasteiger partial charge in [-0.05, 0) is 78.7 Å². The normalized spacial score (nSPS) is 16.4. The van der Waals surface area contributed by atoms with E-state index in [1.807, 2.05) is 48.5 Å². The van der Waals surface area contributed by atoms with Crippen molar-refractivity contribution < 1.29 is 27.5 Å². The number of nitrogens with zero attached hydrogens (tertiary/aromatic N) is 1. The van der Waals surface area contributed by atoms with Crippen LogP contribution in [0.15, 0.2) is 72.8 Å². The van der Waals surface area contributed by atoms with Crippen molar-refractivity contribution in [2.24, 2.45) is 0 Å². The maximum Gasteiger partial charge on any atom is 0.405 e. The highest BCUT2D eigenvalue weighted by molar-refractivity contribution is 6.00. The molecule has 0 atom stereocenters. The zero-order chi connectivity index (χ0) is 29.7. The number of unbranched alkanes of at least 4 members (excludes halogenated alkanes) is 1. The minimum absolute atomic E-state index is 0.0951. The lowest BCUT2D eigenvalue weighted by molar-refractivity contribution is -0.141. The van der Waals surface area contributed by atoms with Crippen molar-refractivity contribution in [2.45, 2.75) is 49.7 Å². The monoisotopic (exact) mass is 579 g/mol. The second kappa shape index (κ2) is 12.6. The molecule has 1 aliphatic heterocycles. The average Bonchev–Trinajstić information content (AvgIpc) is 3.29. The van der Waals surface area contributed by atoms with Gasteiger partial charge in [0.05, 0.1) is 7.11 Å². The molecule has 2 N–H and O–H groups in total. The topological polar surface area (TPSA) is 70.7 Å². The third-order valence-corrected chi connectivity index (χ3v) is 8.45. The molecule has 3 aromatic carbocycles. The van der Waals surface area contributed by atoms with E-state index in [-0.39, 0.29) is 11.9 Å². The molecule has 5 rings (SSSR count). The number of fused-ring (bicyclic) bond motifs is 3. The van der Waals surface area contributed by atoms with Crippen molar-refractivity contribution in [3.63, 3.8) is 0 Å². The number of alkyl halides is 3. The van der Waals surface area contributed by atoms with E-state index in [9.17, 15) is 22.8 Å². The summed E-state index contributed by atoms with van der Waals surface area (Å²) in [4.78, 5) is 28.6. The zero-order valence-corrected chi connectivity index (χ0v) is 23.7. The second-order valence-corrected chi connectivity index (χ2v) is 11.1. The van der Waals surface area contributed by atoms with E-state index in [0.29, 0.717) is 24.2 Å². The molecule has 1 aliphatic carbocycles. The van der Waals surface area contributed by atoms with E-state index >= 15 is 0 Å². The fraction of sp³-hybridized carbons (Fsp3) is 0.394. The van der Waals surface area contributed by atoms with E-state index in [0.717, 1.165) is 61.2 Å². The molecule has 0 aromatic heterocycles. The summed E-state index contributed by atoms with van der Waals surface area (Å²) in [5, 5.41) is 5.33. The lowest BCUT2D eigenvalue weighted by Crippen LogP contribution is -2.47. The lowest BCUT2D eigenvalue weighted by atomic mass is 9.73. The van der Waals surface area contributed by atoms with Crippen LogP contribution in [0, 0.1) is 0 Å². The van der Waals surface area contributed by atoms with Crippen LogP contribution in [0.2, 0.25) is 0 Å². The van der Waals surface area contributed by atoms with Gasteiger partial charge >= 0.3 is 6.18 Å². The third kappa shape index (κ3) is 6.31. The summed E-state index contributed by atoms with van der Waals surface area (Å²) in [5.41, 5.74) is 2.75. The summed E-state index contributed by atoms with van der Waals surface area (Å²) in [6.07, 6.45) is -0.912. The first-order valence-electron chi connectivity index (χ1n) is 14.4. The molecular formula is C33H36F3N3O3. The van der Waals surface area contributed by atoms with Crippen molar-refractivity contribution in [1.29, 1.82) is 0 Å². The van der Waals surface area contributed by atoms with Crippen molar-refractivity contribution in [1.82, 2.24) is 15.5 Å². The van der Waals surface area contributed by atoms with Crippen LogP contribution in [0.3, 0.4) is 0 Å². The number of methoxy groups -OCH3 is 1. The van der Waals surface area contributed by atoms with Crippen molar-refractivity contribution >= 4 is 11.8 Å². The van der Waals surface area contributed by atoms with Crippen molar-refractivity contribution in [3.05, 3.63) is 89.5 Å². The fourth-order valence-electron chi connectivity index (χ4n) is 6.32. The highest BCUT2D eigenvalue weighted by Crippen LogP contribution is 2.51. The van der Waals surface area contributed by atoms with Crippen LogP contribution < -0.4 is 15.4 Å². The first kappa shape index (κ1) is 29.6. The van der Waals surface area contributed by atoms with Gasteiger partial charge in [-0.15, -0.1) is 0 Å². The van der Waals surface area contributed by atoms with Gasteiger partial charge in [-0.25, -0.2) is 0 Å². The highest BCUT2D eigenvalue weighted by Gasteiger charge is 2.49. The third-order valence-electron chi connectivity index (χ3n) is 8.45. The summed E-state index contributed by atoms with van der Waals surface area (Å²) in [5.74, 6) is 0.00188. The van der Waals surface area contributed by atoms with Crippen LogP contribution in [0.4, 0.5) is 13.2 Å². The number of amides is 2. The van der Waals surface area contributed by atoms with Crippen LogP contribution in [-0.2, 0) is 10.2 Å². The molecule has 1 saturated heterocycles. The van der Waals surface area contributed by atoms with Gasteiger partial charge in [-0.2, -0.15) is 13.2 Å². The van der Waals surface area contributed by atoms with Gasteiger partial charge < -0.3 is 20.3 Å². The Morgan fingerprint density at radius 1 is 0.905 bits per heavy atom. The fourth-order valence-corrected chi connectivity index (χ4v) is 6.32. The largest absolute Gasteiger partial charge is 0.497 e. The van der Waals surface area contributed by atoms with Gasteiger partial charge in [-0.3, -0.25) is 9.59 Å². The summed E-state index contributed by atoms with van der Waals surface area (Å²) in [6, 6.07) is 22.2. The standard InChI is InChI=1S/C33H36F3N3O3/c1-42-25-14-12-23(13-15-25)30(40)38-24-16-20-39(21-17-24)19-7-6-18-32(31(41)37-22-33(34,35)36)28-10-4-2-8-26(28)27-9-3-5-11-29(27)32/h2-5,8-15,24H,6-7,16-22H2,1H3,(H,37,41)(H,38,40). The molecule has 222 valence electrons. The maximum atomic E-state index is 13.6. The van der Waals surface area contributed by atoms with Gasteiger partial charge in [-0.1, -0.05) is 55.0 Å². The molecular weight excluding hydrogens is 543 g/mol. The number of benzene rings is 3. The Morgan fingerprint density at radius 2 is 1.50 bits per heavy atom. The maximum absolute atomic E-state index is 13.6. The SMILES string of the molecule is COc1ccc(C(=O)NC2CCN(CCCCC3(C(=O)NCC(F)(F)F)c4ccccc4-c4ccccc43)CC2)cc1. The number of hydrogen-bond acceptors (Lipinski definition) is 4. The number of piperidine rings is 1. The summed E-state index contributed by atoms with van der Waals surface area (Å²) >= 11 is 0. The quantitative estimate of drug-likeness (QED) is 0.302. The molecule has 6 nitrogen and oxygen atoms in total. The number of halogens is 3. The van der Waals surface area contributed by atoms with Gasteiger partial charge in [0, 0.05) is 24.7 Å². The number of carbonyl (C=O) groups is 2. The molecule has 0 spiro atoms. The number of likely N-dealkylation sites (tertiary alicyclic amines) is 1. The Balaban J connectivity index is 1.19. The summed E-state index contributed by atoms with van der Waals surface area (Å²) in [6.45, 7) is 1.15. The van der Waals surface area contributed by atoms with Crippen LogP contribution in [0.25, 0.3) is 11.1 Å². The number of hydrogen-bond donors (Lipinski definition) is 2. The van der Waals surface area contributed by atoms with Gasteiger partial charge in [0.15, 0.2) is 0 Å². The Hall–Kier alpha value is -3.85. The molecule has 0 bridgehead atoms. The molecule has 2 aliphatic rings.